The Bertz CT molecular complexity index is 1210. The second kappa shape index (κ2) is 6.49. The number of benzene rings is 2. The van der Waals surface area contributed by atoms with Crippen LogP contribution in [0.3, 0.4) is 0 Å². The fourth-order valence-electron chi connectivity index (χ4n) is 4.85. The van der Waals surface area contributed by atoms with Crippen LogP contribution in [-0.4, -0.2) is 17.3 Å². The van der Waals surface area contributed by atoms with Gasteiger partial charge >= 0.3 is 0 Å². The van der Waals surface area contributed by atoms with Gasteiger partial charge in [-0.15, -0.1) is 0 Å². The van der Waals surface area contributed by atoms with Gasteiger partial charge in [-0.25, -0.2) is 0 Å². The number of allylic oxidation sites excluding steroid dienone is 4. The van der Waals surface area contributed by atoms with E-state index in [0.29, 0.717) is 46.3 Å². The third kappa shape index (κ3) is 2.55. The third-order valence-corrected chi connectivity index (χ3v) is 6.16. The molecule has 0 amide bonds. The lowest BCUT2D eigenvalue weighted by molar-refractivity contribution is -0.116. The average Bonchev–Trinajstić information content (AvgIpc) is 2.76. The molecule has 3 aliphatic rings. The van der Waals surface area contributed by atoms with Crippen LogP contribution in [0.4, 0.5) is 0 Å². The molecule has 0 bridgehead atoms. The van der Waals surface area contributed by atoms with E-state index in [1.54, 1.807) is 48.5 Å². The molecule has 0 saturated heterocycles. The van der Waals surface area contributed by atoms with Gasteiger partial charge in [-0.2, -0.15) is 5.26 Å². The van der Waals surface area contributed by atoms with E-state index in [1.807, 2.05) is 0 Å². The van der Waals surface area contributed by atoms with E-state index >= 15 is 0 Å². The Morgan fingerprint density at radius 2 is 1.52 bits per heavy atom. The molecule has 0 fully saturated rings. The summed E-state index contributed by atoms with van der Waals surface area (Å²) in [6.45, 7) is 0. The Labute approximate surface area is 168 Å². The molecule has 0 N–H and O–H groups in total. The number of hydrogen-bond acceptors (Lipinski definition) is 4. The van der Waals surface area contributed by atoms with Crippen molar-refractivity contribution in [2.24, 2.45) is 0 Å². The predicted molar refractivity (Wildman–Crippen MR) is 107 cm³/mol. The lowest BCUT2D eigenvalue weighted by atomic mass is 9.65. The number of ketones is 3. The summed E-state index contributed by atoms with van der Waals surface area (Å²) in [5, 5.41) is 9.12. The molecule has 4 nitrogen and oxygen atoms in total. The number of nitriles is 1. The highest BCUT2D eigenvalue weighted by atomic mass is 16.1. The highest BCUT2D eigenvalue weighted by Crippen LogP contribution is 2.49. The first-order valence-electron chi connectivity index (χ1n) is 9.76. The molecule has 140 valence electrons. The van der Waals surface area contributed by atoms with Gasteiger partial charge in [0.1, 0.15) is 0 Å². The number of hydrogen-bond donors (Lipinski definition) is 0. The zero-order valence-corrected chi connectivity index (χ0v) is 15.7. The average molecular weight is 379 g/mol. The number of Topliss-reactive ketones (excluding diaryl/α,β-unsaturated/α-hetero) is 3. The number of fused-ring (bicyclic) bond motifs is 1. The third-order valence-electron chi connectivity index (χ3n) is 6.16. The minimum Gasteiger partial charge on any atom is -0.295 e. The van der Waals surface area contributed by atoms with Gasteiger partial charge in [0.2, 0.25) is 0 Å². The van der Waals surface area contributed by atoms with Gasteiger partial charge < -0.3 is 0 Å². The molecule has 2 aromatic rings. The van der Waals surface area contributed by atoms with Gasteiger partial charge in [-0.05, 0) is 37.0 Å². The van der Waals surface area contributed by atoms with E-state index < -0.39 is 5.92 Å². The van der Waals surface area contributed by atoms with Crippen molar-refractivity contribution in [3.63, 3.8) is 0 Å². The van der Waals surface area contributed by atoms with Crippen molar-refractivity contribution >= 4 is 17.3 Å². The summed E-state index contributed by atoms with van der Waals surface area (Å²) >= 11 is 0. The van der Waals surface area contributed by atoms with Crippen LogP contribution in [-0.2, 0) is 4.79 Å². The van der Waals surface area contributed by atoms with Crippen molar-refractivity contribution in [3.05, 3.63) is 93.1 Å². The molecule has 4 heteroatoms. The predicted octanol–water partition coefficient (Wildman–Crippen LogP) is 4.47. The summed E-state index contributed by atoms with van der Waals surface area (Å²) in [7, 11) is 0. The monoisotopic (exact) mass is 379 g/mol. The quantitative estimate of drug-likeness (QED) is 0.733. The van der Waals surface area contributed by atoms with E-state index in [-0.39, 0.29) is 17.3 Å². The molecule has 1 atom stereocenters. The summed E-state index contributed by atoms with van der Waals surface area (Å²) in [6.07, 6.45) is 2.39. The van der Waals surface area contributed by atoms with Crippen LogP contribution in [0.25, 0.3) is 0 Å². The van der Waals surface area contributed by atoms with E-state index in [2.05, 4.69) is 6.07 Å². The van der Waals surface area contributed by atoms with Crippen LogP contribution in [0.2, 0.25) is 0 Å². The molecule has 1 unspecified atom stereocenters. The number of carbonyl (C=O) groups excluding carboxylic acids is 3. The van der Waals surface area contributed by atoms with Crippen molar-refractivity contribution in [2.45, 2.75) is 31.6 Å². The van der Waals surface area contributed by atoms with Gasteiger partial charge in [0.15, 0.2) is 17.3 Å². The minimum absolute atomic E-state index is 0.0614. The maximum absolute atomic E-state index is 13.5. The van der Waals surface area contributed by atoms with Crippen LogP contribution in [0.15, 0.2) is 70.8 Å². The van der Waals surface area contributed by atoms with E-state index in [9.17, 15) is 14.4 Å². The molecule has 0 aromatic heterocycles. The Balaban J connectivity index is 1.75. The summed E-state index contributed by atoms with van der Waals surface area (Å²) in [5.74, 6) is -0.765. The largest absolute Gasteiger partial charge is 0.295 e. The van der Waals surface area contributed by atoms with E-state index in [0.717, 1.165) is 24.0 Å². The minimum atomic E-state index is -0.543. The zero-order valence-electron chi connectivity index (χ0n) is 15.7. The lowest BCUT2D eigenvalue weighted by Crippen LogP contribution is -2.33. The maximum Gasteiger partial charge on any atom is 0.191 e. The maximum atomic E-state index is 13.5. The zero-order chi connectivity index (χ0) is 20.1. The smallest absolute Gasteiger partial charge is 0.191 e. The summed E-state index contributed by atoms with van der Waals surface area (Å²) in [4.78, 5) is 39.7. The van der Waals surface area contributed by atoms with Crippen molar-refractivity contribution in [1.29, 1.82) is 5.26 Å². The molecule has 29 heavy (non-hydrogen) atoms. The van der Waals surface area contributed by atoms with Crippen molar-refractivity contribution in [1.82, 2.24) is 0 Å². The van der Waals surface area contributed by atoms with Gasteiger partial charge in [-0.1, -0.05) is 42.0 Å². The Morgan fingerprint density at radius 3 is 2.21 bits per heavy atom. The van der Waals surface area contributed by atoms with Crippen LogP contribution in [0.1, 0.15) is 63.4 Å². The van der Waals surface area contributed by atoms with Crippen LogP contribution in [0, 0.1) is 11.3 Å². The summed E-state index contributed by atoms with van der Waals surface area (Å²) < 4.78 is 0. The Morgan fingerprint density at radius 1 is 0.828 bits per heavy atom. The molecule has 0 aliphatic heterocycles. The summed E-state index contributed by atoms with van der Waals surface area (Å²) in [6, 6.07) is 16.0. The SMILES string of the molecule is N#Cc1ccc(C2C3=C(CCCC3=O)CC3=C2C(=O)c2ccccc2C3=O)cc1. The molecule has 5 rings (SSSR count). The van der Waals surface area contributed by atoms with Gasteiger partial charge in [0, 0.05) is 40.2 Å². The second-order valence-corrected chi connectivity index (χ2v) is 7.73. The second-order valence-electron chi connectivity index (χ2n) is 7.73. The first-order chi connectivity index (χ1) is 14.1. The molecule has 0 spiro atoms. The van der Waals surface area contributed by atoms with Crippen LogP contribution < -0.4 is 0 Å². The van der Waals surface area contributed by atoms with E-state index in [4.69, 9.17) is 5.26 Å². The molecule has 0 saturated carbocycles. The number of carbonyl (C=O) groups is 3. The molecule has 3 aliphatic carbocycles. The lowest BCUT2D eigenvalue weighted by Gasteiger charge is -2.36. The van der Waals surface area contributed by atoms with E-state index in [1.165, 1.54) is 0 Å². The molecule has 2 aromatic carbocycles. The van der Waals surface area contributed by atoms with Crippen molar-refractivity contribution < 1.29 is 14.4 Å². The van der Waals surface area contributed by atoms with Crippen molar-refractivity contribution in [3.8, 4) is 6.07 Å². The highest BCUT2D eigenvalue weighted by Gasteiger charge is 2.43. The topological polar surface area (TPSA) is 75.0 Å². The van der Waals surface area contributed by atoms with Crippen LogP contribution >= 0.6 is 0 Å². The highest BCUT2D eigenvalue weighted by molar-refractivity contribution is 6.28. The number of nitrogens with zero attached hydrogens (tertiary/aromatic N) is 1. The first-order valence-corrected chi connectivity index (χ1v) is 9.76. The van der Waals surface area contributed by atoms with Gasteiger partial charge in [-0.3, -0.25) is 14.4 Å². The summed E-state index contributed by atoms with van der Waals surface area (Å²) in [5.41, 5.74) is 4.76. The number of rotatable bonds is 1. The first kappa shape index (κ1) is 17.5. The molecular formula is C25H17NO3. The van der Waals surface area contributed by atoms with Gasteiger partial charge in [0.25, 0.3) is 0 Å². The fraction of sp³-hybridized carbons (Fsp3) is 0.200. The Hall–Kier alpha value is -3.58. The van der Waals surface area contributed by atoms with Crippen LogP contribution in [0.5, 0.6) is 0 Å². The van der Waals surface area contributed by atoms with Gasteiger partial charge in [0.05, 0.1) is 11.6 Å². The fourth-order valence-corrected chi connectivity index (χ4v) is 4.85. The Kier molecular flexibility index (Phi) is 3.92. The van der Waals surface area contributed by atoms with Crippen molar-refractivity contribution in [2.75, 3.05) is 0 Å². The molecule has 0 radical (unpaired) electrons. The molecular weight excluding hydrogens is 362 g/mol. The molecule has 0 heterocycles. The standard InChI is InChI=1S/C25H17NO3/c26-13-14-8-10-15(11-9-14)22-21-16(4-3-7-20(21)27)12-19-23(22)25(29)18-6-2-1-5-17(18)24(19)28/h1-2,5-6,8-11,22H,3-4,7,12H2. The normalized spacial score (nSPS) is 20.8.